The van der Waals surface area contributed by atoms with E-state index in [1.807, 2.05) is 38.1 Å². The third kappa shape index (κ3) is 3.03. The van der Waals surface area contributed by atoms with Crippen molar-refractivity contribution < 1.29 is 9.66 Å². The van der Waals surface area contributed by atoms with Crippen LogP contribution in [0, 0.1) is 24.0 Å². The maximum absolute atomic E-state index is 11.0. The Morgan fingerprint density at radius 3 is 2.57 bits per heavy atom. The lowest BCUT2D eigenvalue weighted by molar-refractivity contribution is -0.385. The monoisotopic (exact) mass is 286 g/mol. The number of methoxy groups -OCH3 is 1. The Bertz CT molecular complexity index is 683. The molecule has 1 atom stereocenters. The summed E-state index contributed by atoms with van der Waals surface area (Å²) in [4.78, 5) is 10.6. The number of hydrogen-bond acceptors (Lipinski definition) is 4. The van der Waals surface area contributed by atoms with Gasteiger partial charge in [0.05, 0.1) is 18.1 Å². The van der Waals surface area contributed by atoms with Gasteiger partial charge in [0.1, 0.15) is 5.75 Å². The quantitative estimate of drug-likeness (QED) is 0.691. The second-order valence-electron chi connectivity index (χ2n) is 4.99. The minimum Gasteiger partial charge on any atom is -0.497 e. The second-order valence-corrected chi connectivity index (χ2v) is 4.99. The molecule has 0 aromatic heterocycles. The van der Waals surface area contributed by atoms with Crippen molar-refractivity contribution in [3.05, 3.63) is 68.8 Å². The van der Waals surface area contributed by atoms with E-state index in [-0.39, 0.29) is 5.69 Å². The van der Waals surface area contributed by atoms with E-state index in [9.17, 15) is 10.1 Å². The molecule has 21 heavy (non-hydrogen) atoms. The fraction of sp³-hybridized carbons (Fsp3) is 0.250. The molecule has 5 nitrogen and oxygen atoms in total. The summed E-state index contributed by atoms with van der Waals surface area (Å²) in [5.41, 5.74) is 9.81. The van der Waals surface area contributed by atoms with Crippen LogP contribution in [-0.2, 0) is 0 Å². The summed E-state index contributed by atoms with van der Waals surface area (Å²) in [7, 11) is 1.59. The summed E-state index contributed by atoms with van der Waals surface area (Å²) in [6.45, 7) is 3.78. The van der Waals surface area contributed by atoms with Gasteiger partial charge in [-0.3, -0.25) is 10.1 Å². The van der Waals surface area contributed by atoms with Crippen LogP contribution >= 0.6 is 0 Å². The topological polar surface area (TPSA) is 78.4 Å². The van der Waals surface area contributed by atoms with Crippen LogP contribution in [0.4, 0.5) is 5.69 Å². The Hall–Kier alpha value is -2.40. The van der Waals surface area contributed by atoms with Crippen molar-refractivity contribution in [1.29, 1.82) is 0 Å². The number of benzene rings is 2. The van der Waals surface area contributed by atoms with E-state index in [4.69, 9.17) is 10.5 Å². The second kappa shape index (κ2) is 5.93. The first-order valence-electron chi connectivity index (χ1n) is 6.59. The zero-order valence-corrected chi connectivity index (χ0v) is 12.3. The molecule has 5 heteroatoms. The lowest BCUT2D eigenvalue weighted by atomic mass is 9.92. The molecule has 0 aliphatic heterocycles. The van der Waals surface area contributed by atoms with E-state index in [0.29, 0.717) is 5.75 Å². The fourth-order valence-corrected chi connectivity index (χ4v) is 2.31. The van der Waals surface area contributed by atoms with Crippen molar-refractivity contribution >= 4 is 5.69 Å². The van der Waals surface area contributed by atoms with Crippen LogP contribution in [0.25, 0.3) is 0 Å². The molecule has 2 aromatic carbocycles. The maximum Gasteiger partial charge on any atom is 0.270 e. The molecular formula is C16H18N2O3. The molecule has 0 spiro atoms. The number of rotatable bonds is 4. The van der Waals surface area contributed by atoms with Gasteiger partial charge in [0, 0.05) is 12.1 Å². The predicted molar refractivity (Wildman–Crippen MR) is 81.6 cm³/mol. The number of non-ortho nitro benzene ring substituents is 1. The highest BCUT2D eigenvalue weighted by atomic mass is 16.6. The average molecular weight is 286 g/mol. The van der Waals surface area contributed by atoms with E-state index in [1.165, 1.54) is 0 Å². The Morgan fingerprint density at radius 2 is 1.95 bits per heavy atom. The van der Waals surface area contributed by atoms with Gasteiger partial charge in [-0.15, -0.1) is 0 Å². The number of nitro benzene ring substituents is 1. The van der Waals surface area contributed by atoms with Crippen molar-refractivity contribution in [3.8, 4) is 5.75 Å². The van der Waals surface area contributed by atoms with Gasteiger partial charge in [-0.25, -0.2) is 0 Å². The third-order valence-electron chi connectivity index (χ3n) is 3.69. The molecule has 0 saturated carbocycles. The minimum atomic E-state index is -0.432. The normalized spacial score (nSPS) is 12.0. The summed E-state index contributed by atoms with van der Waals surface area (Å²) in [5, 5.41) is 11.0. The van der Waals surface area contributed by atoms with Crippen LogP contribution in [0.1, 0.15) is 28.3 Å². The number of nitrogens with zero attached hydrogens (tertiary/aromatic N) is 1. The molecule has 1 unspecified atom stereocenters. The summed E-state index contributed by atoms with van der Waals surface area (Å²) < 4.78 is 5.19. The lowest BCUT2D eigenvalue weighted by Gasteiger charge is -2.17. The number of nitrogens with two attached hydrogens (primary N) is 1. The molecule has 0 amide bonds. The van der Waals surface area contributed by atoms with Crippen LogP contribution in [0.2, 0.25) is 0 Å². The molecule has 0 aliphatic carbocycles. The van der Waals surface area contributed by atoms with E-state index in [1.54, 1.807) is 19.2 Å². The van der Waals surface area contributed by atoms with Crippen LogP contribution in [0.3, 0.4) is 0 Å². The number of aryl methyl sites for hydroxylation is 1. The predicted octanol–water partition coefficient (Wildman–Crippen LogP) is 3.27. The average Bonchev–Trinajstić information content (AvgIpc) is 2.49. The lowest BCUT2D eigenvalue weighted by Crippen LogP contribution is -2.14. The Balaban J connectivity index is 2.51. The Labute approximate surface area is 123 Å². The highest BCUT2D eigenvalue weighted by molar-refractivity contribution is 5.49. The first kappa shape index (κ1) is 15.0. The molecule has 2 N–H and O–H groups in total. The smallest absolute Gasteiger partial charge is 0.270 e. The summed E-state index contributed by atoms with van der Waals surface area (Å²) in [5.74, 6) is 0.711. The molecule has 2 aromatic rings. The molecule has 0 saturated heterocycles. The van der Waals surface area contributed by atoms with Gasteiger partial charge in [-0.2, -0.15) is 0 Å². The van der Waals surface area contributed by atoms with Gasteiger partial charge < -0.3 is 10.5 Å². The molecule has 0 fully saturated rings. The molecular weight excluding hydrogens is 268 g/mol. The van der Waals surface area contributed by atoms with Gasteiger partial charge >= 0.3 is 0 Å². The van der Waals surface area contributed by atoms with Crippen molar-refractivity contribution in [3.63, 3.8) is 0 Å². The van der Waals surface area contributed by atoms with Gasteiger partial charge in [0.15, 0.2) is 0 Å². The Morgan fingerprint density at radius 1 is 1.24 bits per heavy atom. The molecule has 2 rings (SSSR count). The zero-order valence-electron chi connectivity index (χ0n) is 12.3. The van der Waals surface area contributed by atoms with Gasteiger partial charge in [0.2, 0.25) is 0 Å². The van der Waals surface area contributed by atoms with Crippen molar-refractivity contribution in [2.75, 3.05) is 7.11 Å². The van der Waals surface area contributed by atoms with Gasteiger partial charge in [0.25, 0.3) is 5.69 Å². The largest absolute Gasteiger partial charge is 0.497 e. The van der Waals surface area contributed by atoms with Crippen molar-refractivity contribution in [1.82, 2.24) is 0 Å². The molecule has 110 valence electrons. The Kier molecular flexibility index (Phi) is 4.23. The molecule has 0 heterocycles. The van der Waals surface area contributed by atoms with Crippen molar-refractivity contribution in [2.24, 2.45) is 5.73 Å². The van der Waals surface area contributed by atoms with E-state index in [2.05, 4.69) is 0 Å². The third-order valence-corrected chi connectivity index (χ3v) is 3.69. The SMILES string of the molecule is COc1cccc(C(N)c2cc([N+](=O)[O-])cc(C)c2C)c1. The van der Waals surface area contributed by atoms with Crippen molar-refractivity contribution in [2.45, 2.75) is 19.9 Å². The van der Waals surface area contributed by atoms with E-state index in [0.717, 1.165) is 22.3 Å². The molecule has 0 bridgehead atoms. The highest BCUT2D eigenvalue weighted by Crippen LogP contribution is 2.30. The molecule has 0 aliphatic rings. The zero-order chi connectivity index (χ0) is 15.6. The highest BCUT2D eigenvalue weighted by Gasteiger charge is 2.18. The van der Waals surface area contributed by atoms with Crippen LogP contribution in [-0.4, -0.2) is 12.0 Å². The molecule has 0 radical (unpaired) electrons. The number of ether oxygens (including phenoxy) is 1. The summed E-state index contributed by atoms with van der Waals surface area (Å²) in [6.07, 6.45) is 0. The first-order valence-corrected chi connectivity index (χ1v) is 6.59. The maximum atomic E-state index is 11.0. The van der Waals surface area contributed by atoms with Gasteiger partial charge in [-0.05, 0) is 48.2 Å². The van der Waals surface area contributed by atoms with E-state index < -0.39 is 11.0 Å². The van der Waals surface area contributed by atoms with Crippen LogP contribution < -0.4 is 10.5 Å². The minimum absolute atomic E-state index is 0.0615. The van der Waals surface area contributed by atoms with E-state index >= 15 is 0 Å². The number of hydrogen-bond donors (Lipinski definition) is 1. The summed E-state index contributed by atoms with van der Waals surface area (Å²) >= 11 is 0. The first-order chi connectivity index (χ1) is 9.93. The standard InChI is InChI=1S/C16H18N2O3/c1-10-7-13(18(19)20)9-15(11(10)2)16(17)12-5-4-6-14(8-12)21-3/h4-9,16H,17H2,1-3H3. The van der Waals surface area contributed by atoms with Crippen LogP contribution in [0.15, 0.2) is 36.4 Å². The number of nitro groups is 1. The van der Waals surface area contributed by atoms with Crippen LogP contribution in [0.5, 0.6) is 5.75 Å². The summed E-state index contributed by atoms with van der Waals surface area (Å²) in [6, 6.07) is 10.1. The fourth-order valence-electron chi connectivity index (χ4n) is 2.31. The van der Waals surface area contributed by atoms with Gasteiger partial charge in [-0.1, -0.05) is 12.1 Å².